The van der Waals surface area contributed by atoms with E-state index >= 15 is 0 Å². The van der Waals surface area contributed by atoms with Crippen LogP contribution in [0.4, 0.5) is 4.39 Å². The van der Waals surface area contributed by atoms with Crippen LogP contribution in [0.5, 0.6) is 11.5 Å². The molecule has 5 heteroatoms. The van der Waals surface area contributed by atoms with Gasteiger partial charge in [-0.3, -0.25) is 4.79 Å². The zero-order valence-corrected chi connectivity index (χ0v) is 14.6. The van der Waals surface area contributed by atoms with Gasteiger partial charge in [0.25, 0.3) is 5.91 Å². The molecule has 1 N–H and O–H groups in total. The van der Waals surface area contributed by atoms with Gasteiger partial charge in [0.1, 0.15) is 17.3 Å². The maximum Gasteiger partial charge on any atom is 0.257 e. The van der Waals surface area contributed by atoms with Crippen LogP contribution in [-0.4, -0.2) is 25.2 Å². The number of nitrogens with one attached hydrogen (secondary N) is 1. The van der Waals surface area contributed by atoms with Gasteiger partial charge in [-0.2, -0.15) is 0 Å². The Morgan fingerprint density at radius 3 is 2.60 bits per heavy atom. The monoisotopic (exact) mass is 345 g/mol. The van der Waals surface area contributed by atoms with Gasteiger partial charge in [-0.05, 0) is 68.7 Å². The van der Waals surface area contributed by atoms with Crippen LogP contribution in [0.15, 0.2) is 48.5 Å². The van der Waals surface area contributed by atoms with E-state index in [2.05, 4.69) is 5.32 Å². The lowest BCUT2D eigenvalue weighted by Gasteiger charge is -2.11. The molecular formula is C20H24FNO3. The van der Waals surface area contributed by atoms with Crippen molar-refractivity contribution < 1.29 is 18.7 Å². The van der Waals surface area contributed by atoms with Crippen molar-refractivity contribution in [3.8, 4) is 11.5 Å². The van der Waals surface area contributed by atoms with E-state index in [-0.39, 0.29) is 24.4 Å². The number of benzene rings is 2. The molecule has 0 aliphatic carbocycles. The highest BCUT2D eigenvalue weighted by Crippen LogP contribution is 2.16. The summed E-state index contributed by atoms with van der Waals surface area (Å²) in [5.74, 6) is 0.809. The molecule has 2 aromatic carbocycles. The average Bonchev–Trinajstić information content (AvgIpc) is 2.58. The fourth-order valence-electron chi connectivity index (χ4n) is 2.30. The van der Waals surface area contributed by atoms with E-state index in [0.717, 1.165) is 18.6 Å². The lowest BCUT2D eigenvalue weighted by molar-refractivity contribution is -0.123. The van der Waals surface area contributed by atoms with Crippen LogP contribution in [0.25, 0.3) is 0 Å². The normalized spacial score (nSPS) is 10.6. The standard InChI is InChI=1S/C20H24FNO3/c1-15(2)25-19-7-3-5-16(13-19)6-4-12-22-20(23)14-24-18-10-8-17(21)9-11-18/h3,5,7-11,13,15H,4,6,12,14H2,1-2H3,(H,22,23). The van der Waals surface area contributed by atoms with Gasteiger partial charge in [0.15, 0.2) is 6.61 Å². The molecule has 0 saturated heterocycles. The number of aryl methyl sites for hydroxylation is 1. The third-order valence-electron chi connectivity index (χ3n) is 3.42. The molecule has 0 heterocycles. The number of amides is 1. The Labute approximate surface area is 148 Å². The van der Waals surface area contributed by atoms with Crippen LogP contribution in [-0.2, 0) is 11.2 Å². The lowest BCUT2D eigenvalue weighted by Crippen LogP contribution is -2.29. The summed E-state index contributed by atoms with van der Waals surface area (Å²) < 4.78 is 23.7. The molecule has 0 atom stereocenters. The van der Waals surface area contributed by atoms with Crippen molar-refractivity contribution in [3.63, 3.8) is 0 Å². The number of ether oxygens (including phenoxy) is 2. The first kappa shape index (κ1) is 18.8. The Bertz CT molecular complexity index is 671. The van der Waals surface area contributed by atoms with Gasteiger partial charge >= 0.3 is 0 Å². The number of carbonyl (C=O) groups excluding carboxylic acids is 1. The van der Waals surface area contributed by atoms with Crippen LogP contribution < -0.4 is 14.8 Å². The number of hydrogen-bond acceptors (Lipinski definition) is 3. The predicted molar refractivity (Wildman–Crippen MR) is 95.4 cm³/mol. The Hall–Kier alpha value is -2.56. The molecule has 0 aliphatic rings. The largest absolute Gasteiger partial charge is 0.491 e. The summed E-state index contributed by atoms with van der Waals surface area (Å²) in [6, 6.07) is 13.6. The summed E-state index contributed by atoms with van der Waals surface area (Å²) in [7, 11) is 0. The Morgan fingerprint density at radius 1 is 1.12 bits per heavy atom. The molecule has 2 aromatic rings. The molecule has 2 rings (SSSR count). The van der Waals surface area contributed by atoms with Gasteiger partial charge in [-0.1, -0.05) is 12.1 Å². The lowest BCUT2D eigenvalue weighted by atomic mass is 10.1. The van der Waals surface area contributed by atoms with Gasteiger partial charge in [0.2, 0.25) is 0 Å². The SMILES string of the molecule is CC(C)Oc1cccc(CCCNC(=O)COc2ccc(F)cc2)c1. The van der Waals surface area contributed by atoms with Gasteiger partial charge < -0.3 is 14.8 Å². The van der Waals surface area contributed by atoms with Crippen molar-refractivity contribution in [2.75, 3.05) is 13.2 Å². The van der Waals surface area contributed by atoms with Crippen molar-refractivity contribution in [2.45, 2.75) is 32.8 Å². The average molecular weight is 345 g/mol. The molecule has 0 fully saturated rings. The zero-order valence-electron chi connectivity index (χ0n) is 14.6. The van der Waals surface area contributed by atoms with E-state index in [9.17, 15) is 9.18 Å². The first-order chi connectivity index (χ1) is 12.0. The van der Waals surface area contributed by atoms with Crippen molar-refractivity contribution in [3.05, 3.63) is 59.9 Å². The second kappa shape index (κ2) is 9.67. The minimum Gasteiger partial charge on any atom is -0.491 e. The second-order valence-electron chi connectivity index (χ2n) is 6.01. The second-order valence-corrected chi connectivity index (χ2v) is 6.01. The van der Waals surface area contributed by atoms with Gasteiger partial charge in [0.05, 0.1) is 6.10 Å². The molecule has 0 saturated carbocycles. The molecule has 4 nitrogen and oxygen atoms in total. The van der Waals surface area contributed by atoms with Crippen molar-refractivity contribution in [1.82, 2.24) is 5.32 Å². The van der Waals surface area contributed by atoms with Crippen molar-refractivity contribution in [2.24, 2.45) is 0 Å². The maximum atomic E-state index is 12.8. The minimum atomic E-state index is -0.334. The van der Waals surface area contributed by atoms with E-state index < -0.39 is 0 Å². The third-order valence-corrected chi connectivity index (χ3v) is 3.42. The Morgan fingerprint density at radius 2 is 1.88 bits per heavy atom. The molecule has 1 amide bonds. The molecule has 0 radical (unpaired) electrons. The summed E-state index contributed by atoms with van der Waals surface area (Å²) >= 11 is 0. The highest BCUT2D eigenvalue weighted by molar-refractivity contribution is 5.77. The smallest absolute Gasteiger partial charge is 0.257 e. The molecule has 0 unspecified atom stereocenters. The first-order valence-corrected chi connectivity index (χ1v) is 8.43. The zero-order chi connectivity index (χ0) is 18.1. The van der Waals surface area contributed by atoms with Crippen molar-refractivity contribution in [1.29, 1.82) is 0 Å². The first-order valence-electron chi connectivity index (χ1n) is 8.43. The molecule has 25 heavy (non-hydrogen) atoms. The molecule has 0 spiro atoms. The van der Waals surface area contributed by atoms with Gasteiger partial charge in [-0.15, -0.1) is 0 Å². The van der Waals surface area contributed by atoms with Crippen LogP contribution >= 0.6 is 0 Å². The van der Waals surface area contributed by atoms with Crippen LogP contribution in [0.2, 0.25) is 0 Å². The van der Waals surface area contributed by atoms with E-state index in [1.165, 1.54) is 29.8 Å². The number of halogens is 1. The number of carbonyl (C=O) groups is 1. The number of hydrogen-bond donors (Lipinski definition) is 1. The Kier molecular flexibility index (Phi) is 7.26. The highest BCUT2D eigenvalue weighted by Gasteiger charge is 2.03. The van der Waals surface area contributed by atoms with Gasteiger partial charge in [-0.25, -0.2) is 4.39 Å². The topological polar surface area (TPSA) is 47.6 Å². The summed E-state index contributed by atoms with van der Waals surface area (Å²) in [4.78, 5) is 11.7. The van der Waals surface area contributed by atoms with Crippen LogP contribution in [0, 0.1) is 5.82 Å². The van der Waals surface area contributed by atoms with Crippen LogP contribution in [0.1, 0.15) is 25.8 Å². The predicted octanol–water partition coefficient (Wildman–Crippen LogP) is 3.74. The van der Waals surface area contributed by atoms with Gasteiger partial charge in [0, 0.05) is 6.54 Å². The molecule has 134 valence electrons. The fourth-order valence-corrected chi connectivity index (χ4v) is 2.30. The molecular weight excluding hydrogens is 321 g/mol. The van der Waals surface area contributed by atoms with E-state index in [4.69, 9.17) is 9.47 Å². The van der Waals surface area contributed by atoms with E-state index in [0.29, 0.717) is 12.3 Å². The molecule has 0 aromatic heterocycles. The molecule has 0 aliphatic heterocycles. The fraction of sp³-hybridized carbons (Fsp3) is 0.350. The highest BCUT2D eigenvalue weighted by atomic mass is 19.1. The maximum absolute atomic E-state index is 12.8. The Balaban J connectivity index is 1.65. The summed E-state index contributed by atoms with van der Waals surface area (Å²) in [6.45, 7) is 4.48. The van der Waals surface area contributed by atoms with Crippen LogP contribution in [0.3, 0.4) is 0 Å². The van der Waals surface area contributed by atoms with E-state index in [1.54, 1.807) is 0 Å². The quantitative estimate of drug-likeness (QED) is 0.704. The molecule has 0 bridgehead atoms. The summed E-state index contributed by atoms with van der Waals surface area (Å²) in [5, 5.41) is 2.81. The summed E-state index contributed by atoms with van der Waals surface area (Å²) in [5.41, 5.74) is 1.18. The van der Waals surface area contributed by atoms with Crippen molar-refractivity contribution >= 4 is 5.91 Å². The van der Waals surface area contributed by atoms with E-state index in [1.807, 2.05) is 38.1 Å². The third kappa shape index (κ3) is 7.25. The number of rotatable bonds is 9. The minimum absolute atomic E-state index is 0.0800. The summed E-state index contributed by atoms with van der Waals surface area (Å²) in [6.07, 6.45) is 1.83.